The zero-order chi connectivity index (χ0) is 21.3. The lowest BCUT2D eigenvalue weighted by Crippen LogP contribution is -2.52. The van der Waals surface area contributed by atoms with Gasteiger partial charge < -0.3 is 14.7 Å². The molecule has 3 aliphatic rings. The van der Waals surface area contributed by atoms with Gasteiger partial charge in [0, 0.05) is 45.2 Å². The SMILES string of the molecule is CC1CCC(N2CC(C(=O)N3CCN(C(=O)c4ccccc4F)CC3)CC2=O)CC1. The molecule has 6 nitrogen and oxygen atoms in total. The minimum absolute atomic E-state index is 0.00742. The maximum atomic E-state index is 13.9. The van der Waals surface area contributed by atoms with Crippen molar-refractivity contribution in [3.63, 3.8) is 0 Å². The van der Waals surface area contributed by atoms with Gasteiger partial charge in [-0.15, -0.1) is 0 Å². The molecule has 1 atom stereocenters. The Kier molecular flexibility index (Phi) is 6.06. The van der Waals surface area contributed by atoms with Crippen molar-refractivity contribution in [3.05, 3.63) is 35.6 Å². The average molecular weight is 416 g/mol. The number of benzene rings is 1. The Labute approximate surface area is 177 Å². The van der Waals surface area contributed by atoms with Gasteiger partial charge in [-0.05, 0) is 43.7 Å². The van der Waals surface area contributed by atoms with Crippen molar-refractivity contribution in [1.29, 1.82) is 0 Å². The van der Waals surface area contributed by atoms with Crippen molar-refractivity contribution in [1.82, 2.24) is 14.7 Å². The Hall–Kier alpha value is -2.44. The summed E-state index contributed by atoms with van der Waals surface area (Å²) in [5.41, 5.74) is 0.0658. The van der Waals surface area contributed by atoms with Crippen molar-refractivity contribution < 1.29 is 18.8 Å². The molecule has 0 N–H and O–H groups in total. The summed E-state index contributed by atoms with van der Waals surface area (Å²) >= 11 is 0. The largest absolute Gasteiger partial charge is 0.339 e. The average Bonchev–Trinajstić information content (AvgIpc) is 3.15. The van der Waals surface area contributed by atoms with Crippen LogP contribution in [0.1, 0.15) is 49.4 Å². The molecule has 0 radical (unpaired) electrons. The van der Waals surface area contributed by atoms with Crippen LogP contribution in [0.3, 0.4) is 0 Å². The molecule has 162 valence electrons. The molecule has 4 rings (SSSR count). The molecule has 0 spiro atoms. The number of carbonyl (C=O) groups is 3. The van der Waals surface area contributed by atoms with E-state index < -0.39 is 5.82 Å². The van der Waals surface area contributed by atoms with E-state index in [4.69, 9.17) is 0 Å². The van der Waals surface area contributed by atoms with E-state index in [1.54, 1.807) is 21.9 Å². The summed E-state index contributed by atoms with van der Waals surface area (Å²) in [6.07, 6.45) is 4.64. The topological polar surface area (TPSA) is 60.9 Å². The lowest BCUT2D eigenvalue weighted by atomic mass is 9.86. The number of rotatable bonds is 3. The van der Waals surface area contributed by atoms with Crippen LogP contribution in [0.15, 0.2) is 24.3 Å². The van der Waals surface area contributed by atoms with Crippen molar-refractivity contribution in [2.45, 2.75) is 45.1 Å². The van der Waals surface area contributed by atoms with Gasteiger partial charge in [-0.3, -0.25) is 14.4 Å². The van der Waals surface area contributed by atoms with Gasteiger partial charge in [0.2, 0.25) is 11.8 Å². The fourth-order valence-electron chi connectivity index (χ4n) is 5.00. The van der Waals surface area contributed by atoms with Crippen LogP contribution in [0.2, 0.25) is 0 Å². The summed E-state index contributed by atoms with van der Waals surface area (Å²) in [6.45, 7) is 4.37. The predicted molar refractivity (Wildman–Crippen MR) is 110 cm³/mol. The lowest BCUT2D eigenvalue weighted by Gasteiger charge is -2.36. The van der Waals surface area contributed by atoms with Gasteiger partial charge in [-0.1, -0.05) is 19.1 Å². The molecule has 1 saturated carbocycles. The van der Waals surface area contributed by atoms with E-state index in [0.717, 1.165) is 31.6 Å². The van der Waals surface area contributed by atoms with Crippen LogP contribution in [-0.2, 0) is 9.59 Å². The summed E-state index contributed by atoms with van der Waals surface area (Å²) < 4.78 is 13.9. The molecular formula is C23H30FN3O3. The maximum absolute atomic E-state index is 13.9. The van der Waals surface area contributed by atoms with Crippen LogP contribution in [0.5, 0.6) is 0 Å². The van der Waals surface area contributed by atoms with Crippen molar-refractivity contribution in [2.24, 2.45) is 11.8 Å². The molecule has 30 heavy (non-hydrogen) atoms. The van der Waals surface area contributed by atoms with Crippen LogP contribution in [0.4, 0.5) is 4.39 Å². The lowest BCUT2D eigenvalue weighted by molar-refractivity contribution is -0.137. The highest BCUT2D eigenvalue weighted by molar-refractivity contribution is 5.95. The minimum Gasteiger partial charge on any atom is -0.339 e. The van der Waals surface area contributed by atoms with Gasteiger partial charge in [-0.25, -0.2) is 4.39 Å². The first kappa shape index (κ1) is 20.8. The van der Waals surface area contributed by atoms with Crippen LogP contribution in [0.25, 0.3) is 0 Å². The molecule has 1 aliphatic carbocycles. The number of hydrogen-bond acceptors (Lipinski definition) is 3. The minimum atomic E-state index is -0.525. The normalized spacial score (nSPS) is 27.5. The van der Waals surface area contributed by atoms with E-state index >= 15 is 0 Å². The third-order valence-corrected chi connectivity index (χ3v) is 6.92. The Balaban J connectivity index is 1.31. The van der Waals surface area contributed by atoms with E-state index in [0.29, 0.717) is 39.1 Å². The zero-order valence-corrected chi connectivity index (χ0v) is 17.6. The first-order chi connectivity index (χ1) is 14.4. The molecule has 3 amide bonds. The van der Waals surface area contributed by atoms with Crippen molar-refractivity contribution in [2.75, 3.05) is 32.7 Å². The predicted octanol–water partition coefficient (Wildman–Crippen LogP) is 2.54. The van der Waals surface area contributed by atoms with Gasteiger partial charge in [0.05, 0.1) is 11.5 Å². The van der Waals surface area contributed by atoms with Crippen molar-refractivity contribution >= 4 is 17.7 Å². The van der Waals surface area contributed by atoms with Gasteiger partial charge in [0.1, 0.15) is 5.82 Å². The van der Waals surface area contributed by atoms with Crippen LogP contribution in [-0.4, -0.2) is 71.2 Å². The Bertz CT molecular complexity index is 814. The zero-order valence-electron chi connectivity index (χ0n) is 17.6. The highest BCUT2D eigenvalue weighted by Crippen LogP contribution is 2.32. The summed E-state index contributed by atoms with van der Waals surface area (Å²) in [6, 6.07) is 6.25. The van der Waals surface area contributed by atoms with Crippen LogP contribution >= 0.6 is 0 Å². The number of carbonyl (C=O) groups excluding carboxylic acids is 3. The molecule has 0 bridgehead atoms. The molecule has 1 aromatic carbocycles. The highest BCUT2D eigenvalue weighted by atomic mass is 19.1. The van der Waals surface area contributed by atoms with Crippen molar-refractivity contribution in [3.8, 4) is 0 Å². The van der Waals surface area contributed by atoms with Crippen LogP contribution in [0, 0.1) is 17.7 Å². The molecule has 7 heteroatoms. The standard InChI is InChI=1S/C23H30FN3O3/c1-16-6-8-18(9-7-16)27-15-17(14-21(27)28)22(29)25-10-12-26(13-11-25)23(30)19-4-2-3-5-20(19)24/h2-5,16-18H,6-15H2,1H3. The third kappa shape index (κ3) is 4.20. The Morgan fingerprint density at radius 3 is 2.27 bits per heavy atom. The molecule has 2 aliphatic heterocycles. The second-order valence-electron chi connectivity index (χ2n) is 8.96. The van der Waals surface area contributed by atoms with Crippen LogP contribution < -0.4 is 0 Å². The second kappa shape index (κ2) is 8.74. The number of hydrogen-bond donors (Lipinski definition) is 0. The van der Waals surface area contributed by atoms with E-state index in [9.17, 15) is 18.8 Å². The molecule has 1 aromatic rings. The Morgan fingerprint density at radius 2 is 1.60 bits per heavy atom. The van der Waals surface area contributed by atoms with E-state index in [1.165, 1.54) is 12.1 Å². The smallest absolute Gasteiger partial charge is 0.256 e. The molecule has 3 fully saturated rings. The third-order valence-electron chi connectivity index (χ3n) is 6.92. The fraction of sp³-hybridized carbons (Fsp3) is 0.609. The van der Waals surface area contributed by atoms with E-state index in [2.05, 4.69) is 6.92 Å². The van der Waals surface area contributed by atoms with E-state index in [-0.39, 0.29) is 35.2 Å². The highest BCUT2D eigenvalue weighted by Gasteiger charge is 2.40. The number of piperazine rings is 1. The molecule has 2 heterocycles. The quantitative estimate of drug-likeness (QED) is 0.762. The number of likely N-dealkylation sites (tertiary alicyclic amines) is 1. The maximum Gasteiger partial charge on any atom is 0.256 e. The molecule has 0 aromatic heterocycles. The number of halogens is 1. The first-order valence-electron chi connectivity index (χ1n) is 11.1. The molecule has 2 saturated heterocycles. The summed E-state index contributed by atoms with van der Waals surface area (Å²) in [5.74, 6) is -0.323. The van der Waals surface area contributed by atoms with Gasteiger partial charge >= 0.3 is 0 Å². The second-order valence-corrected chi connectivity index (χ2v) is 8.96. The number of nitrogens with zero attached hydrogens (tertiary/aromatic N) is 3. The molecular weight excluding hydrogens is 385 g/mol. The first-order valence-corrected chi connectivity index (χ1v) is 11.1. The van der Waals surface area contributed by atoms with Gasteiger partial charge in [0.25, 0.3) is 5.91 Å². The van der Waals surface area contributed by atoms with E-state index in [1.807, 2.05) is 4.90 Å². The monoisotopic (exact) mass is 415 g/mol. The van der Waals surface area contributed by atoms with Gasteiger partial charge in [-0.2, -0.15) is 0 Å². The summed E-state index contributed by atoms with van der Waals surface area (Å²) in [4.78, 5) is 43.4. The fourth-order valence-corrected chi connectivity index (χ4v) is 5.00. The Morgan fingerprint density at radius 1 is 0.967 bits per heavy atom. The van der Waals surface area contributed by atoms with Gasteiger partial charge in [0.15, 0.2) is 0 Å². The molecule has 1 unspecified atom stereocenters. The summed E-state index contributed by atoms with van der Waals surface area (Å²) in [7, 11) is 0. The summed E-state index contributed by atoms with van der Waals surface area (Å²) in [5, 5.41) is 0. The number of amides is 3.